The number of hydrogen-bond acceptors (Lipinski definition) is 3. The first-order valence-electron chi connectivity index (χ1n) is 10.9. The highest BCUT2D eigenvalue weighted by atomic mass is 35.5. The number of aliphatic imine (C=N–C) groups is 1. The molecule has 0 aromatic heterocycles. The molecule has 1 heterocycles. The number of aliphatic hydroxyl groups is 1. The third kappa shape index (κ3) is 7.63. The second-order valence-corrected chi connectivity index (χ2v) is 8.26. The highest BCUT2D eigenvalue weighted by molar-refractivity contribution is 6.30. The van der Waals surface area contributed by atoms with E-state index in [2.05, 4.69) is 58.9 Å². The Morgan fingerprint density at radius 2 is 1.63 bits per heavy atom. The van der Waals surface area contributed by atoms with E-state index in [1.807, 2.05) is 12.1 Å². The molecule has 2 aromatic rings. The molecule has 0 radical (unpaired) electrons. The molecule has 3 N–H and O–H groups in total. The minimum Gasteiger partial charge on any atom is -0.393 e. The maximum atomic E-state index is 9.64. The quantitative estimate of drug-likeness (QED) is 0.444. The van der Waals surface area contributed by atoms with Gasteiger partial charge in [-0.15, -0.1) is 0 Å². The number of guanidine groups is 1. The largest absolute Gasteiger partial charge is 0.393 e. The molecule has 0 unspecified atom stereocenters. The summed E-state index contributed by atoms with van der Waals surface area (Å²) >= 11 is 5.94. The number of hydrogen-bond donors (Lipinski definition) is 3. The van der Waals surface area contributed by atoms with Crippen molar-refractivity contribution < 1.29 is 5.11 Å². The lowest BCUT2D eigenvalue weighted by Gasteiger charge is -2.29. The lowest BCUT2D eigenvalue weighted by molar-refractivity contribution is 0.0792. The van der Waals surface area contributed by atoms with Gasteiger partial charge in [-0.1, -0.05) is 48.0 Å². The lowest BCUT2D eigenvalue weighted by atomic mass is 10.1. The van der Waals surface area contributed by atoms with Crippen molar-refractivity contribution in [3.05, 3.63) is 70.2 Å². The van der Waals surface area contributed by atoms with Crippen molar-refractivity contribution in [2.24, 2.45) is 4.99 Å². The molecule has 30 heavy (non-hydrogen) atoms. The molecule has 0 bridgehead atoms. The fourth-order valence-electron chi connectivity index (χ4n) is 3.57. The number of nitrogens with zero attached hydrogens (tertiary/aromatic N) is 2. The maximum Gasteiger partial charge on any atom is 0.191 e. The first-order valence-corrected chi connectivity index (χ1v) is 11.2. The van der Waals surface area contributed by atoms with Gasteiger partial charge in [0.2, 0.25) is 0 Å². The van der Waals surface area contributed by atoms with Crippen molar-refractivity contribution in [1.82, 2.24) is 15.5 Å². The summed E-state index contributed by atoms with van der Waals surface area (Å²) < 4.78 is 0. The molecule has 1 aliphatic heterocycles. The summed E-state index contributed by atoms with van der Waals surface area (Å²) in [6.07, 6.45) is 2.56. The van der Waals surface area contributed by atoms with Gasteiger partial charge in [-0.2, -0.15) is 0 Å². The van der Waals surface area contributed by atoms with E-state index in [1.165, 1.54) is 16.7 Å². The monoisotopic (exact) mass is 428 g/mol. The molecule has 3 rings (SSSR count). The van der Waals surface area contributed by atoms with Crippen LogP contribution in [0, 0.1) is 0 Å². The van der Waals surface area contributed by atoms with E-state index in [0.717, 1.165) is 63.0 Å². The molecule has 2 aromatic carbocycles. The van der Waals surface area contributed by atoms with E-state index in [-0.39, 0.29) is 6.10 Å². The van der Waals surface area contributed by atoms with E-state index in [9.17, 15) is 5.11 Å². The van der Waals surface area contributed by atoms with Crippen molar-refractivity contribution in [3.63, 3.8) is 0 Å². The number of likely N-dealkylation sites (tertiary alicyclic amines) is 1. The average Bonchev–Trinajstić information content (AvgIpc) is 2.76. The minimum absolute atomic E-state index is 0.118. The van der Waals surface area contributed by atoms with E-state index in [4.69, 9.17) is 16.6 Å². The molecule has 5 nitrogen and oxygen atoms in total. The molecular weight excluding hydrogens is 396 g/mol. The molecule has 6 heteroatoms. The van der Waals surface area contributed by atoms with Gasteiger partial charge in [0.05, 0.1) is 12.6 Å². The highest BCUT2D eigenvalue weighted by Gasteiger charge is 2.16. The summed E-state index contributed by atoms with van der Waals surface area (Å²) in [5.74, 6) is 0.836. The first kappa shape index (κ1) is 22.6. The van der Waals surface area contributed by atoms with Gasteiger partial charge >= 0.3 is 0 Å². The van der Waals surface area contributed by atoms with Gasteiger partial charge in [-0.25, -0.2) is 4.99 Å². The van der Waals surface area contributed by atoms with Gasteiger partial charge in [-0.3, -0.25) is 4.90 Å². The zero-order valence-electron chi connectivity index (χ0n) is 17.8. The fraction of sp³-hybridized carbons (Fsp3) is 0.458. The van der Waals surface area contributed by atoms with Crippen LogP contribution in [0.25, 0.3) is 0 Å². The number of piperidine rings is 1. The SMILES string of the molecule is CCNC(=NCc1ccc(CN2CCC(O)CC2)cc1)NCCc1ccc(Cl)cc1. The van der Waals surface area contributed by atoms with Crippen LogP contribution in [-0.2, 0) is 19.5 Å². The van der Waals surface area contributed by atoms with Crippen LogP contribution in [0.5, 0.6) is 0 Å². The van der Waals surface area contributed by atoms with E-state index in [0.29, 0.717) is 6.54 Å². The Kier molecular flexibility index (Phi) is 9.00. The number of benzene rings is 2. The van der Waals surface area contributed by atoms with Crippen LogP contribution >= 0.6 is 11.6 Å². The Morgan fingerprint density at radius 1 is 1.00 bits per heavy atom. The Balaban J connectivity index is 1.46. The predicted octanol–water partition coefficient (Wildman–Crippen LogP) is 3.59. The van der Waals surface area contributed by atoms with Crippen molar-refractivity contribution >= 4 is 17.6 Å². The van der Waals surface area contributed by atoms with Crippen LogP contribution in [0.15, 0.2) is 53.5 Å². The number of halogens is 1. The van der Waals surface area contributed by atoms with Gasteiger partial charge in [0.15, 0.2) is 5.96 Å². The van der Waals surface area contributed by atoms with Crippen molar-refractivity contribution in [3.8, 4) is 0 Å². The molecule has 1 saturated heterocycles. The molecule has 1 fully saturated rings. The fourth-order valence-corrected chi connectivity index (χ4v) is 3.70. The third-order valence-electron chi connectivity index (χ3n) is 5.37. The molecule has 0 spiro atoms. The second-order valence-electron chi connectivity index (χ2n) is 7.82. The molecule has 0 atom stereocenters. The number of aliphatic hydroxyl groups excluding tert-OH is 1. The van der Waals surface area contributed by atoms with Gasteiger partial charge < -0.3 is 15.7 Å². The summed E-state index contributed by atoms with van der Waals surface area (Å²) in [7, 11) is 0. The van der Waals surface area contributed by atoms with Crippen LogP contribution in [0.2, 0.25) is 5.02 Å². The summed E-state index contributed by atoms with van der Waals surface area (Å²) in [6.45, 7) is 7.26. The van der Waals surface area contributed by atoms with Crippen LogP contribution in [0.4, 0.5) is 0 Å². The highest BCUT2D eigenvalue weighted by Crippen LogP contribution is 2.14. The van der Waals surface area contributed by atoms with E-state index >= 15 is 0 Å². The average molecular weight is 429 g/mol. The number of nitrogens with one attached hydrogen (secondary N) is 2. The zero-order valence-corrected chi connectivity index (χ0v) is 18.5. The smallest absolute Gasteiger partial charge is 0.191 e. The van der Waals surface area contributed by atoms with Crippen LogP contribution in [0.1, 0.15) is 36.5 Å². The molecule has 1 aliphatic rings. The maximum absolute atomic E-state index is 9.64. The van der Waals surface area contributed by atoms with Crippen molar-refractivity contribution in [2.45, 2.75) is 45.4 Å². The van der Waals surface area contributed by atoms with Crippen molar-refractivity contribution in [2.75, 3.05) is 26.2 Å². The lowest BCUT2D eigenvalue weighted by Crippen LogP contribution is -2.38. The summed E-state index contributed by atoms with van der Waals surface area (Å²) in [6, 6.07) is 16.7. The molecule has 162 valence electrons. The molecule has 0 aliphatic carbocycles. The van der Waals surface area contributed by atoms with Crippen molar-refractivity contribution in [1.29, 1.82) is 0 Å². The second kappa shape index (κ2) is 11.9. The summed E-state index contributed by atoms with van der Waals surface area (Å²) in [5, 5.41) is 17.1. The van der Waals surface area contributed by atoms with E-state index in [1.54, 1.807) is 0 Å². The van der Waals surface area contributed by atoms with Gasteiger partial charge in [0.25, 0.3) is 0 Å². The van der Waals surface area contributed by atoms with Crippen LogP contribution < -0.4 is 10.6 Å². The predicted molar refractivity (Wildman–Crippen MR) is 125 cm³/mol. The molecule has 0 amide bonds. The van der Waals surface area contributed by atoms with Gasteiger partial charge in [0.1, 0.15) is 0 Å². The normalized spacial score (nSPS) is 15.9. The topological polar surface area (TPSA) is 59.9 Å². The first-order chi connectivity index (χ1) is 14.6. The standard InChI is InChI=1S/C24H33ClN4O/c1-2-26-24(27-14-11-19-7-9-22(25)10-8-19)28-17-20-3-5-21(6-4-20)18-29-15-12-23(30)13-16-29/h3-10,23,30H,2,11-18H2,1H3,(H2,26,27,28). The minimum atomic E-state index is -0.118. The Morgan fingerprint density at radius 3 is 2.30 bits per heavy atom. The van der Waals surface area contributed by atoms with Crippen LogP contribution in [-0.4, -0.2) is 48.2 Å². The third-order valence-corrected chi connectivity index (χ3v) is 5.62. The van der Waals surface area contributed by atoms with E-state index < -0.39 is 0 Å². The number of rotatable bonds is 8. The Hall–Kier alpha value is -2.08. The van der Waals surface area contributed by atoms with Crippen LogP contribution in [0.3, 0.4) is 0 Å². The summed E-state index contributed by atoms with van der Waals surface area (Å²) in [4.78, 5) is 7.13. The molecule has 0 saturated carbocycles. The zero-order chi connectivity index (χ0) is 21.2. The Bertz CT molecular complexity index is 784. The summed E-state index contributed by atoms with van der Waals surface area (Å²) in [5.41, 5.74) is 3.76. The molecular formula is C24H33ClN4O. The van der Waals surface area contributed by atoms with Gasteiger partial charge in [0, 0.05) is 37.7 Å². The van der Waals surface area contributed by atoms with Gasteiger partial charge in [-0.05, 0) is 55.0 Å². The Labute approximate surface area is 185 Å².